The molecule has 0 saturated carbocycles. The number of hydrogen-bond acceptors (Lipinski definition) is 7. The number of rotatable bonds is 5. The molecule has 3 aliphatic rings. The summed E-state index contributed by atoms with van der Waals surface area (Å²) in [7, 11) is 1.33. The number of piperidine rings is 2. The second-order valence-electron chi connectivity index (χ2n) is 10.1. The molecule has 0 radical (unpaired) electrons. The van der Waals surface area contributed by atoms with Gasteiger partial charge in [0.15, 0.2) is 5.75 Å². The second-order valence-corrected chi connectivity index (χ2v) is 10.1. The van der Waals surface area contributed by atoms with Gasteiger partial charge in [0.25, 0.3) is 11.8 Å². The Hall–Kier alpha value is -4.72. The van der Waals surface area contributed by atoms with Crippen LogP contribution >= 0.6 is 0 Å². The summed E-state index contributed by atoms with van der Waals surface area (Å²) >= 11 is 0. The largest absolute Gasteiger partial charge is 0.490 e. The van der Waals surface area contributed by atoms with Gasteiger partial charge in [0.1, 0.15) is 6.04 Å². The molecule has 2 atom stereocenters. The third-order valence-corrected chi connectivity index (χ3v) is 7.63. The highest BCUT2D eigenvalue weighted by molar-refractivity contribution is 6.05. The van der Waals surface area contributed by atoms with Crippen molar-refractivity contribution in [3.63, 3.8) is 0 Å². The molecule has 2 fully saturated rings. The molecule has 3 heterocycles. The average Bonchev–Trinajstić information content (AvgIpc) is 3.29. The first-order valence-corrected chi connectivity index (χ1v) is 13.1. The lowest BCUT2D eigenvalue weighted by Crippen LogP contribution is -2.52. The van der Waals surface area contributed by atoms with E-state index in [1.165, 1.54) is 30.2 Å². The summed E-state index contributed by atoms with van der Waals surface area (Å²) < 4.78 is 5.10. The summed E-state index contributed by atoms with van der Waals surface area (Å²) in [5.41, 5.74) is 2.16. The standard InChI is InChI=1S/C29H28N4O7/c1-40-25-15-20(10-11-23(25)33(38)39)28(36)31-14-4-6-18(16-31)5-2-7-19-8-3-9-21-22(19)17-32(29(21)37)24-12-13-26(34)30-27(24)35/h3,8-11,15,18,24H,4-6,12-14,16-17H2,1H3,(H,30,34,35)/t18-,24?/m0/s1. The van der Waals surface area contributed by atoms with Gasteiger partial charge in [-0.3, -0.25) is 34.6 Å². The lowest BCUT2D eigenvalue weighted by atomic mass is 9.94. The first-order valence-electron chi connectivity index (χ1n) is 13.1. The van der Waals surface area contributed by atoms with Crippen LogP contribution in [-0.2, 0) is 16.1 Å². The monoisotopic (exact) mass is 544 g/mol. The Balaban J connectivity index is 1.25. The number of nitro groups is 1. The first-order chi connectivity index (χ1) is 19.3. The SMILES string of the molecule is COc1cc(C(=O)N2CCC[C@H](CC#Cc3cccc4c3CN(C3CCC(=O)NC3=O)C4=O)C2)ccc1[N+](=O)[O-]. The van der Waals surface area contributed by atoms with E-state index in [0.29, 0.717) is 37.1 Å². The van der Waals surface area contributed by atoms with Crippen LogP contribution < -0.4 is 10.1 Å². The number of carbonyl (C=O) groups is 4. The van der Waals surface area contributed by atoms with E-state index in [-0.39, 0.29) is 48.0 Å². The van der Waals surface area contributed by atoms with Gasteiger partial charge in [-0.2, -0.15) is 0 Å². The lowest BCUT2D eigenvalue weighted by molar-refractivity contribution is -0.385. The predicted molar refractivity (Wildman–Crippen MR) is 142 cm³/mol. The van der Waals surface area contributed by atoms with Gasteiger partial charge in [-0.25, -0.2) is 0 Å². The van der Waals surface area contributed by atoms with Crippen LogP contribution in [0.2, 0.25) is 0 Å². The van der Waals surface area contributed by atoms with E-state index in [1.807, 2.05) is 6.07 Å². The topological polar surface area (TPSA) is 139 Å². The molecule has 5 rings (SSSR count). The lowest BCUT2D eigenvalue weighted by Gasteiger charge is -2.32. The zero-order valence-corrected chi connectivity index (χ0v) is 22.0. The van der Waals surface area contributed by atoms with Crippen molar-refractivity contribution in [2.24, 2.45) is 5.92 Å². The highest BCUT2D eigenvalue weighted by Gasteiger charge is 2.39. The van der Waals surface area contributed by atoms with Crippen LogP contribution in [0.3, 0.4) is 0 Å². The Labute approximate surface area is 230 Å². The molecule has 0 aromatic heterocycles. The quantitative estimate of drug-likeness (QED) is 0.264. The summed E-state index contributed by atoms with van der Waals surface area (Å²) in [6.45, 7) is 1.36. The number of likely N-dealkylation sites (tertiary alicyclic amines) is 1. The fraction of sp³-hybridized carbons (Fsp3) is 0.379. The van der Waals surface area contributed by atoms with Crippen molar-refractivity contribution in [1.82, 2.24) is 15.1 Å². The fourth-order valence-corrected chi connectivity index (χ4v) is 5.55. The number of nitro benzene ring substituents is 1. The minimum atomic E-state index is -0.681. The van der Waals surface area contributed by atoms with Crippen molar-refractivity contribution >= 4 is 29.3 Å². The first kappa shape index (κ1) is 26.9. The second kappa shape index (κ2) is 11.2. The Morgan fingerprint density at radius 3 is 2.77 bits per heavy atom. The minimum Gasteiger partial charge on any atom is -0.490 e. The van der Waals surface area contributed by atoms with Crippen molar-refractivity contribution in [3.8, 4) is 17.6 Å². The molecule has 11 nitrogen and oxygen atoms in total. The summed E-state index contributed by atoms with van der Waals surface area (Å²) in [4.78, 5) is 63.9. The van der Waals surface area contributed by atoms with E-state index in [0.717, 1.165) is 24.0 Å². The van der Waals surface area contributed by atoms with E-state index in [4.69, 9.17) is 4.74 Å². The molecule has 11 heteroatoms. The van der Waals surface area contributed by atoms with Crippen LogP contribution in [0.4, 0.5) is 5.69 Å². The third-order valence-electron chi connectivity index (χ3n) is 7.63. The van der Waals surface area contributed by atoms with Gasteiger partial charge >= 0.3 is 5.69 Å². The number of ether oxygens (including phenoxy) is 1. The molecule has 0 aliphatic carbocycles. The molecule has 0 spiro atoms. The Morgan fingerprint density at radius 2 is 2.02 bits per heavy atom. The highest BCUT2D eigenvalue weighted by Crippen LogP contribution is 2.31. The van der Waals surface area contributed by atoms with Crippen LogP contribution in [-0.4, -0.2) is 64.6 Å². The Bertz CT molecular complexity index is 1470. The number of imide groups is 1. The maximum Gasteiger partial charge on any atom is 0.310 e. The van der Waals surface area contributed by atoms with Crippen molar-refractivity contribution in [2.75, 3.05) is 20.2 Å². The minimum absolute atomic E-state index is 0.0420. The van der Waals surface area contributed by atoms with Gasteiger partial charge in [-0.15, -0.1) is 0 Å². The molecule has 0 bridgehead atoms. The van der Waals surface area contributed by atoms with Gasteiger partial charge in [-0.05, 0) is 48.9 Å². The van der Waals surface area contributed by atoms with Gasteiger partial charge in [0.05, 0.1) is 12.0 Å². The van der Waals surface area contributed by atoms with Crippen molar-refractivity contribution in [1.29, 1.82) is 0 Å². The van der Waals surface area contributed by atoms with Crippen molar-refractivity contribution in [2.45, 2.75) is 44.7 Å². The summed E-state index contributed by atoms with van der Waals surface area (Å²) in [5.74, 6) is 5.39. The van der Waals surface area contributed by atoms with E-state index >= 15 is 0 Å². The molecule has 2 aromatic carbocycles. The zero-order valence-electron chi connectivity index (χ0n) is 22.0. The van der Waals surface area contributed by atoms with Crippen LogP contribution in [0.25, 0.3) is 0 Å². The van der Waals surface area contributed by atoms with Gasteiger partial charge < -0.3 is 14.5 Å². The summed E-state index contributed by atoms with van der Waals surface area (Å²) in [6.07, 6.45) is 2.79. The maximum absolute atomic E-state index is 13.1. The number of nitrogens with one attached hydrogen (secondary N) is 1. The summed E-state index contributed by atoms with van der Waals surface area (Å²) in [5, 5.41) is 13.5. The van der Waals surface area contributed by atoms with E-state index in [1.54, 1.807) is 17.0 Å². The van der Waals surface area contributed by atoms with Gasteiger partial charge in [0, 0.05) is 61.3 Å². The Kier molecular flexibility index (Phi) is 7.51. The van der Waals surface area contributed by atoms with E-state index in [2.05, 4.69) is 17.2 Å². The molecular weight excluding hydrogens is 516 g/mol. The number of fused-ring (bicyclic) bond motifs is 1. The molecule has 3 aliphatic heterocycles. The smallest absolute Gasteiger partial charge is 0.310 e. The molecule has 1 unspecified atom stereocenters. The zero-order chi connectivity index (χ0) is 28.4. The van der Waals surface area contributed by atoms with Crippen LogP contribution in [0.15, 0.2) is 36.4 Å². The van der Waals surface area contributed by atoms with Crippen LogP contribution in [0.5, 0.6) is 5.75 Å². The number of hydrogen-bond donors (Lipinski definition) is 1. The highest BCUT2D eigenvalue weighted by atomic mass is 16.6. The van der Waals surface area contributed by atoms with Gasteiger partial charge in [-0.1, -0.05) is 17.9 Å². The Morgan fingerprint density at radius 1 is 1.20 bits per heavy atom. The molecule has 1 N–H and O–H groups in total. The van der Waals surface area contributed by atoms with E-state index in [9.17, 15) is 29.3 Å². The number of amides is 4. The van der Waals surface area contributed by atoms with Gasteiger partial charge in [0.2, 0.25) is 11.8 Å². The fourth-order valence-electron chi connectivity index (χ4n) is 5.55. The summed E-state index contributed by atoms with van der Waals surface area (Å²) in [6, 6.07) is 8.80. The van der Waals surface area contributed by atoms with Crippen LogP contribution in [0.1, 0.15) is 63.9 Å². The number of benzene rings is 2. The number of methoxy groups -OCH3 is 1. The number of nitrogens with zero attached hydrogens (tertiary/aromatic N) is 3. The third kappa shape index (κ3) is 5.25. The van der Waals surface area contributed by atoms with Crippen LogP contribution in [0, 0.1) is 27.9 Å². The predicted octanol–water partition coefficient (Wildman–Crippen LogP) is 2.66. The number of carbonyl (C=O) groups excluding carboxylic acids is 4. The molecular formula is C29H28N4O7. The van der Waals surface area contributed by atoms with Crippen molar-refractivity contribution in [3.05, 3.63) is 68.8 Å². The molecule has 2 aromatic rings. The maximum atomic E-state index is 13.1. The molecule has 4 amide bonds. The molecule has 40 heavy (non-hydrogen) atoms. The molecule has 206 valence electrons. The average molecular weight is 545 g/mol. The normalized spacial score (nSPS) is 20.4. The van der Waals surface area contributed by atoms with E-state index < -0.39 is 16.9 Å². The van der Waals surface area contributed by atoms with Crippen molar-refractivity contribution < 1.29 is 28.8 Å². The molecule has 2 saturated heterocycles.